The predicted octanol–water partition coefficient (Wildman–Crippen LogP) is 1.60. The number of nitrogens with zero attached hydrogens (tertiary/aromatic N) is 2. The highest BCUT2D eigenvalue weighted by molar-refractivity contribution is 7.09. The molecule has 0 aromatic carbocycles. The fourth-order valence-electron chi connectivity index (χ4n) is 2.45. The fraction of sp³-hybridized carbons (Fsp3) is 0.667. The van der Waals surface area contributed by atoms with Crippen LogP contribution in [-0.4, -0.2) is 59.6 Å². The van der Waals surface area contributed by atoms with E-state index in [4.69, 9.17) is 0 Å². The van der Waals surface area contributed by atoms with Crippen LogP contribution < -0.4 is 0 Å². The molecule has 1 aliphatic heterocycles. The zero-order chi connectivity index (χ0) is 14.4. The van der Waals surface area contributed by atoms with Crippen LogP contribution in [0.3, 0.4) is 0 Å². The van der Waals surface area contributed by atoms with Gasteiger partial charge in [0.2, 0.25) is 5.91 Å². The number of aliphatic hydroxyl groups is 1. The van der Waals surface area contributed by atoms with Crippen molar-refractivity contribution in [1.82, 2.24) is 9.80 Å². The van der Waals surface area contributed by atoms with E-state index in [1.165, 1.54) is 4.88 Å². The molecular weight excluding hydrogens is 272 g/mol. The number of carbonyl (C=O) groups excluding carboxylic acids is 1. The summed E-state index contributed by atoms with van der Waals surface area (Å²) in [6.45, 7) is 6.06. The van der Waals surface area contributed by atoms with Gasteiger partial charge < -0.3 is 10.0 Å². The summed E-state index contributed by atoms with van der Waals surface area (Å²) in [5, 5.41) is 11.7. The quantitative estimate of drug-likeness (QED) is 0.867. The van der Waals surface area contributed by atoms with Crippen LogP contribution in [0, 0.1) is 0 Å². The van der Waals surface area contributed by atoms with Gasteiger partial charge in [0.05, 0.1) is 6.10 Å². The van der Waals surface area contributed by atoms with Gasteiger partial charge in [-0.05, 0) is 24.3 Å². The van der Waals surface area contributed by atoms with Crippen molar-refractivity contribution in [2.75, 3.05) is 32.7 Å². The largest absolute Gasteiger partial charge is 0.392 e. The number of hydrogen-bond donors (Lipinski definition) is 1. The third-order valence-corrected chi connectivity index (χ3v) is 4.77. The molecule has 0 bridgehead atoms. The van der Waals surface area contributed by atoms with Crippen LogP contribution in [0.25, 0.3) is 0 Å². The second kappa shape index (κ2) is 7.76. The highest BCUT2D eigenvalue weighted by Gasteiger charge is 2.21. The normalized spacial score (nSPS) is 18.2. The Morgan fingerprint density at radius 1 is 1.40 bits per heavy atom. The van der Waals surface area contributed by atoms with Crippen LogP contribution in [0.15, 0.2) is 17.5 Å². The number of thiophene rings is 1. The summed E-state index contributed by atoms with van der Waals surface area (Å²) < 4.78 is 0. The minimum Gasteiger partial charge on any atom is -0.392 e. The van der Waals surface area contributed by atoms with Crippen molar-refractivity contribution >= 4 is 17.2 Å². The van der Waals surface area contributed by atoms with Crippen molar-refractivity contribution in [3.05, 3.63) is 22.4 Å². The van der Waals surface area contributed by atoms with E-state index >= 15 is 0 Å². The summed E-state index contributed by atoms with van der Waals surface area (Å²) in [5.74, 6) is 0.258. The minimum absolute atomic E-state index is 0.240. The number of amides is 1. The van der Waals surface area contributed by atoms with Crippen LogP contribution in [0.5, 0.6) is 0 Å². The highest BCUT2D eigenvalue weighted by Crippen LogP contribution is 2.13. The van der Waals surface area contributed by atoms with Crippen molar-refractivity contribution in [3.63, 3.8) is 0 Å². The number of rotatable bonds is 6. The Kier molecular flexibility index (Phi) is 6.01. The molecule has 0 aliphatic carbocycles. The third-order valence-electron chi connectivity index (χ3n) is 3.83. The Bertz CT molecular complexity index is 400. The Morgan fingerprint density at radius 2 is 2.15 bits per heavy atom. The molecule has 1 fully saturated rings. The SMILES string of the molecule is CCC(O)CN1CCN(C(=O)CCc2cccs2)CC1. The average molecular weight is 296 g/mol. The molecule has 1 unspecified atom stereocenters. The monoisotopic (exact) mass is 296 g/mol. The molecule has 1 amide bonds. The van der Waals surface area contributed by atoms with E-state index in [0.717, 1.165) is 45.6 Å². The van der Waals surface area contributed by atoms with Crippen LogP contribution in [-0.2, 0) is 11.2 Å². The summed E-state index contributed by atoms with van der Waals surface area (Å²) in [6, 6.07) is 4.12. The summed E-state index contributed by atoms with van der Waals surface area (Å²) in [4.78, 5) is 17.6. The van der Waals surface area contributed by atoms with Gasteiger partial charge in [-0.15, -0.1) is 11.3 Å². The van der Waals surface area contributed by atoms with E-state index in [1.54, 1.807) is 11.3 Å². The summed E-state index contributed by atoms with van der Waals surface area (Å²) >= 11 is 1.71. The lowest BCUT2D eigenvalue weighted by Gasteiger charge is -2.35. The van der Waals surface area contributed by atoms with Crippen LogP contribution in [0.4, 0.5) is 0 Å². The number of β-amino-alcohol motifs (C(OH)–C–C–N with tert-alkyl or cyclic N) is 1. The van der Waals surface area contributed by atoms with E-state index in [0.29, 0.717) is 6.42 Å². The van der Waals surface area contributed by atoms with Gasteiger partial charge in [-0.2, -0.15) is 0 Å². The van der Waals surface area contributed by atoms with Gasteiger partial charge >= 0.3 is 0 Å². The van der Waals surface area contributed by atoms with E-state index in [-0.39, 0.29) is 12.0 Å². The second-order valence-corrected chi connectivity index (χ2v) is 6.36. The van der Waals surface area contributed by atoms with E-state index in [2.05, 4.69) is 16.3 Å². The number of aryl methyl sites for hydroxylation is 1. The van der Waals surface area contributed by atoms with Crippen molar-refractivity contribution in [2.45, 2.75) is 32.3 Å². The van der Waals surface area contributed by atoms with E-state index in [9.17, 15) is 9.90 Å². The maximum absolute atomic E-state index is 12.1. The molecule has 20 heavy (non-hydrogen) atoms. The maximum Gasteiger partial charge on any atom is 0.223 e. The first kappa shape index (κ1) is 15.5. The van der Waals surface area contributed by atoms with Crippen LogP contribution >= 0.6 is 11.3 Å². The number of aliphatic hydroxyl groups excluding tert-OH is 1. The van der Waals surface area contributed by atoms with Gasteiger partial charge in [0.15, 0.2) is 0 Å². The zero-order valence-corrected chi connectivity index (χ0v) is 12.9. The molecule has 1 N–H and O–H groups in total. The zero-order valence-electron chi connectivity index (χ0n) is 12.1. The van der Waals surface area contributed by atoms with Gasteiger partial charge in [-0.25, -0.2) is 0 Å². The molecule has 112 valence electrons. The topological polar surface area (TPSA) is 43.8 Å². The predicted molar refractivity (Wildman–Crippen MR) is 82.0 cm³/mol. The molecule has 0 saturated carbocycles. The lowest BCUT2D eigenvalue weighted by atomic mass is 10.2. The first-order chi connectivity index (χ1) is 9.69. The molecule has 1 saturated heterocycles. The van der Waals surface area contributed by atoms with Crippen molar-refractivity contribution in [1.29, 1.82) is 0 Å². The Balaban J connectivity index is 1.69. The number of hydrogen-bond acceptors (Lipinski definition) is 4. The van der Waals surface area contributed by atoms with E-state index < -0.39 is 0 Å². The van der Waals surface area contributed by atoms with Crippen LogP contribution in [0.1, 0.15) is 24.6 Å². The Hall–Kier alpha value is -0.910. The van der Waals surface area contributed by atoms with Gasteiger partial charge in [0.25, 0.3) is 0 Å². The Labute approximate surface area is 125 Å². The average Bonchev–Trinajstić information content (AvgIpc) is 2.98. The minimum atomic E-state index is -0.240. The van der Waals surface area contributed by atoms with Gasteiger partial charge in [-0.1, -0.05) is 13.0 Å². The summed E-state index contributed by atoms with van der Waals surface area (Å²) in [7, 11) is 0. The molecule has 0 radical (unpaired) electrons. The van der Waals surface area contributed by atoms with Gasteiger partial charge in [-0.3, -0.25) is 9.69 Å². The molecule has 0 spiro atoms. The molecule has 1 aromatic heterocycles. The van der Waals surface area contributed by atoms with E-state index in [1.807, 2.05) is 17.9 Å². The Morgan fingerprint density at radius 3 is 2.75 bits per heavy atom. The molecule has 2 rings (SSSR count). The second-order valence-electron chi connectivity index (χ2n) is 5.32. The maximum atomic E-state index is 12.1. The standard InChI is InChI=1S/C15H24N2O2S/c1-2-13(18)12-16-7-9-17(10-8-16)15(19)6-5-14-4-3-11-20-14/h3-4,11,13,18H,2,5-10,12H2,1H3. The fourth-order valence-corrected chi connectivity index (χ4v) is 3.16. The summed E-state index contributed by atoms with van der Waals surface area (Å²) in [6.07, 6.45) is 2.01. The van der Waals surface area contributed by atoms with Crippen molar-refractivity contribution in [2.24, 2.45) is 0 Å². The molecule has 2 heterocycles. The molecule has 4 nitrogen and oxygen atoms in total. The molecule has 1 atom stereocenters. The first-order valence-corrected chi connectivity index (χ1v) is 8.27. The third kappa shape index (κ3) is 4.58. The molecule has 1 aromatic rings. The molecular formula is C15H24N2O2S. The first-order valence-electron chi connectivity index (χ1n) is 7.39. The molecule has 5 heteroatoms. The lowest BCUT2D eigenvalue weighted by molar-refractivity contribution is -0.133. The van der Waals surface area contributed by atoms with Gasteiger partial charge in [0.1, 0.15) is 0 Å². The van der Waals surface area contributed by atoms with Crippen molar-refractivity contribution < 1.29 is 9.90 Å². The smallest absolute Gasteiger partial charge is 0.223 e. The van der Waals surface area contributed by atoms with Gasteiger partial charge in [0, 0.05) is 44.0 Å². The lowest BCUT2D eigenvalue weighted by Crippen LogP contribution is -2.50. The van der Waals surface area contributed by atoms with Crippen molar-refractivity contribution in [3.8, 4) is 0 Å². The van der Waals surface area contributed by atoms with Crippen LogP contribution in [0.2, 0.25) is 0 Å². The highest BCUT2D eigenvalue weighted by atomic mass is 32.1. The number of carbonyl (C=O) groups is 1. The summed E-state index contributed by atoms with van der Waals surface area (Å²) in [5.41, 5.74) is 0. The molecule has 1 aliphatic rings. The number of piperazine rings is 1.